The minimum Gasteiger partial charge on any atom is -0.348 e. The minimum atomic E-state index is -0.169. The normalized spacial score (nSPS) is 18.9. The van der Waals surface area contributed by atoms with Crippen LogP contribution in [0.25, 0.3) is 11.2 Å². The number of fused-ring (bicyclic) bond motifs is 1. The topological polar surface area (TPSA) is 99.2 Å². The van der Waals surface area contributed by atoms with Crippen LogP contribution in [-0.2, 0) is 16.9 Å². The van der Waals surface area contributed by atoms with Crippen LogP contribution in [0.5, 0.6) is 0 Å². The molecule has 0 bridgehead atoms. The van der Waals surface area contributed by atoms with Gasteiger partial charge >= 0.3 is 5.69 Å². The van der Waals surface area contributed by atoms with E-state index in [1.54, 1.807) is 10.8 Å². The van der Waals surface area contributed by atoms with Gasteiger partial charge < -0.3 is 15.2 Å². The number of aromatic amines is 1. The summed E-state index contributed by atoms with van der Waals surface area (Å²) in [5.74, 6) is 0.526. The largest absolute Gasteiger partial charge is 0.348 e. The molecule has 190 valence electrons. The number of carbonyl (C=O) groups is 1. The molecule has 9 nitrogen and oxygen atoms in total. The molecule has 1 atom stereocenters. The number of imidazole rings is 1. The maximum atomic E-state index is 12.1. The molecule has 9 heteroatoms. The number of hydrogen-bond donors (Lipinski definition) is 2. The van der Waals surface area contributed by atoms with E-state index in [0.717, 1.165) is 44.6 Å². The summed E-state index contributed by atoms with van der Waals surface area (Å²) in [4.78, 5) is 40.3. The van der Waals surface area contributed by atoms with Gasteiger partial charge in [-0.05, 0) is 43.9 Å². The molecular weight excluding hydrogens is 454 g/mol. The molecule has 0 spiro atoms. The number of hydrogen-bond acceptors (Lipinski definition) is 6. The Morgan fingerprint density at radius 1 is 1.19 bits per heavy atom. The van der Waals surface area contributed by atoms with Crippen molar-refractivity contribution < 1.29 is 4.79 Å². The van der Waals surface area contributed by atoms with E-state index in [4.69, 9.17) is 0 Å². The maximum Gasteiger partial charge on any atom is 0.327 e. The lowest BCUT2D eigenvalue weighted by molar-refractivity contribution is -0.128. The van der Waals surface area contributed by atoms with Crippen molar-refractivity contribution in [1.29, 1.82) is 0 Å². The summed E-state index contributed by atoms with van der Waals surface area (Å²) in [6.45, 7) is 11.5. The molecule has 36 heavy (non-hydrogen) atoms. The van der Waals surface area contributed by atoms with Crippen LogP contribution in [0.4, 0.5) is 5.95 Å². The highest BCUT2D eigenvalue weighted by molar-refractivity contribution is 5.87. The summed E-state index contributed by atoms with van der Waals surface area (Å²) in [6.07, 6.45) is 7.83. The predicted molar refractivity (Wildman–Crippen MR) is 141 cm³/mol. The van der Waals surface area contributed by atoms with Gasteiger partial charge in [0.25, 0.3) is 0 Å². The molecule has 2 aliphatic rings. The van der Waals surface area contributed by atoms with Gasteiger partial charge in [-0.2, -0.15) is 4.98 Å². The second-order valence-corrected chi connectivity index (χ2v) is 9.85. The van der Waals surface area contributed by atoms with E-state index in [9.17, 15) is 9.59 Å². The Bertz CT molecular complexity index is 1300. The van der Waals surface area contributed by atoms with Crippen LogP contribution in [0.2, 0.25) is 0 Å². The monoisotopic (exact) mass is 489 g/mol. The maximum absolute atomic E-state index is 12.1. The summed E-state index contributed by atoms with van der Waals surface area (Å²) in [5.41, 5.74) is 3.64. The number of H-pyrrole nitrogens is 1. The van der Waals surface area contributed by atoms with E-state index in [1.807, 2.05) is 11.8 Å². The molecule has 0 radical (unpaired) electrons. The SMILES string of the molecule is C=CC(=O)N1CCN(C2(c3ccc([C@H](C)Nc4ncc5[nH]c(=O)n(CC)c5n4)cc3)CCCC2)CC1. The van der Waals surface area contributed by atoms with E-state index < -0.39 is 0 Å². The lowest BCUT2D eigenvalue weighted by Crippen LogP contribution is -2.55. The van der Waals surface area contributed by atoms with Gasteiger partial charge in [0.2, 0.25) is 11.9 Å². The number of rotatable bonds is 7. The number of benzene rings is 1. The first kappa shape index (κ1) is 24.2. The van der Waals surface area contributed by atoms with Gasteiger partial charge in [0.1, 0.15) is 5.52 Å². The predicted octanol–water partition coefficient (Wildman–Crippen LogP) is 3.41. The van der Waals surface area contributed by atoms with Crippen LogP contribution in [0, 0.1) is 0 Å². The summed E-state index contributed by atoms with van der Waals surface area (Å²) >= 11 is 0. The second kappa shape index (κ2) is 9.89. The zero-order valence-corrected chi connectivity index (χ0v) is 21.2. The summed E-state index contributed by atoms with van der Waals surface area (Å²) in [6, 6.07) is 8.93. The molecule has 0 unspecified atom stereocenters. The van der Waals surface area contributed by atoms with Gasteiger partial charge in [0.05, 0.1) is 12.2 Å². The third-order valence-electron chi connectivity index (χ3n) is 7.92. The van der Waals surface area contributed by atoms with E-state index in [-0.39, 0.29) is 23.2 Å². The van der Waals surface area contributed by atoms with Crippen molar-refractivity contribution in [2.75, 3.05) is 31.5 Å². The van der Waals surface area contributed by atoms with Crippen molar-refractivity contribution in [3.63, 3.8) is 0 Å². The molecule has 1 aliphatic carbocycles. The number of aryl methyl sites for hydroxylation is 1. The van der Waals surface area contributed by atoms with E-state index in [2.05, 4.69) is 62.9 Å². The van der Waals surface area contributed by atoms with Crippen LogP contribution in [0.3, 0.4) is 0 Å². The molecule has 5 rings (SSSR count). The fourth-order valence-electron chi connectivity index (χ4n) is 5.90. The first-order valence-corrected chi connectivity index (χ1v) is 12.9. The van der Waals surface area contributed by atoms with Gasteiger partial charge in [0.15, 0.2) is 5.65 Å². The Morgan fingerprint density at radius 2 is 1.89 bits per heavy atom. The lowest BCUT2D eigenvalue weighted by atomic mass is 9.84. The van der Waals surface area contributed by atoms with Crippen molar-refractivity contribution in [1.82, 2.24) is 29.3 Å². The Balaban J connectivity index is 1.32. The Labute approximate surface area is 211 Å². The number of carbonyl (C=O) groups excluding carboxylic acids is 1. The van der Waals surface area contributed by atoms with Crippen LogP contribution in [0.15, 0.2) is 47.9 Å². The molecule has 2 fully saturated rings. The Morgan fingerprint density at radius 3 is 2.53 bits per heavy atom. The molecule has 2 aromatic heterocycles. The van der Waals surface area contributed by atoms with Gasteiger partial charge in [-0.3, -0.25) is 14.3 Å². The van der Waals surface area contributed by atoms with E-state index in [1.165, 1.54) is 24.5 Å². The van der Waals surface area contributed by atoms with Gasteiger partial charge in [-0.25, -0.2) is 9.78 Å². The molecule has 1 amide bonds. The zero-order chi connectivity index (χ0) is 25.3. The number of amides is 1. The third kappa shape index (κ3) is 4.32. The molecule has 2 N–H and O–H groups in total. The average molecular weight is 490 g/mol. The first-order valence-electron chi connectivity index (χ1n) is 12.9. The van der Waals surface area contributed by atoms with Crippen molar-refractivity contribution in [2.24, 2.45) is 0 Å². The average Bonchev–Trinajstić information content (AvgIpc) is 3.53. The highest BCUT2D eigenvalue weighted by atomic mass is 16.2. The van der Waals surface area contributed by atoms with E-state index in [0.29, 0.717) is 23.7 Å². The lowest BCUT2D eigenvalue weighted by Gasteiger charge is -2.46. The summed E-state index contributed by atoms with van der Waals surface area (Å²) < 4.78 is 1.61. The Kier molecular flexibility index (Phi) is 6.66. The molecule has 1 saturated heterocycles. The van der Waals surface area contributed by atoms with Crippen LogP contribution < -0.4 is 11.0 Å². The van der Waals surface area contributed by atoms with Crippen molar-refractivity contribution in [3.8, 4) is 0 Å². The highest BCUT2D eigenvalue weighted by Crippen LogP contribution is 2.44. The van der Waals surface area contributed by atoms with Crippen molar-refractivity contribution in [3.05, 3.63) is 64.7 Å². The van der Waals surface area contributed by atoms with E-state index >= 15 is 0 Å². The van der Waals surface area contributed by atoms with Crippen LogP contribution in [-0.4, -0.2) is 61.4 Å². The van der Waals surface area contributed by atoms with Crippen molar-refractivity contribution >= 4 is 23.0 Å². The molecule has 1 saturated carbocycles. The van der Waals surface area contributed by atoms with Crippen molar-refractivity contribution in [2.45, 2.75) is 57.7 Å². The smallest absolute Gasteiger partial charge is 0.327 e. The number of nitrogens with one attached hydrogen (secondary N) is 2. The quantitative estimate of drug-likeness (QED) is 0.494. The summed E-state index contributed by atoms with van der Waals surface area (Å²) in [5, 5.41) is 3.39. The molecular formula is C27H35N7O2. The van der Waals surface area contributed by atoms with Gasteiger partial charge in [0, 0.05) is 38.3 Å². The molecule has 3 heterocycles. The number of anilines is 1. The number of piperazine rings is 1. The molecule has 3 aromatic rings. The Hall–Kier alpha value is -3.46. The fourth-order valence-corrected chi connectivity index (χ4v) is 5.90. The number of aromatic nitrogens is 4. The van der Waals surface area contributed by atoms with Gasteiger partial charge in [-0.15, -0.1) is 0 Å². The second-order valence-electron chi connectivity index (χ2n) is 9.85. The van der Waals surface area contributed by atoms with Crippen LogP contribution >= 0.6 is 0 Å². The standard InChI is InChI=1S/C27H35N7O2/c1-4-23(35)32-14-16-33(17-15-32)27(12-6-7-13-27)21-10-8-20(9-11-21)19(3)29-25-28-18-22-24(31-25)34(5-2)26(36)30-22/h4,8-11,18-19H,1,5-7,12-17H2,2-3H3,(H,30,36)(H,28,29,31)/t19-/m0/s1. The first-order chi connectivity index (χ1) is 17.4. The fraction of sp³-hybridized carbons (Fsp3) is 0.481. The molecule has 1 aromatic carbocycles. The van der Waals surface area contributed by atoms with Gasteiger partial charge in [-0.1, -0.05) is 43.7 Å². The zero-order valence-electron chi connectivity index (χ0n) is 21.2. The number of nitrogens with zero attached hydrogens (tertiary/aromatic N) is 5. The third-order valence-corrected chi connectivity index (χ3v) is 7.92. The highest BCUT2D eigenvalue weighted by Gasteiger charge is 2.42. The van der Waals surface area contributed by atoms with Crippen LogP contribution in [0.1, 0.15) is 56.7 Å². The molecule has 1 aliphatic heterocycles. The minimum absolute atomic E-state index is 0.00484. The summed E-state index contributed by atoms with van der Waals surface area (Å²) in [7, 11) is 0.